The predicted octanol–water partition coefficient (Wildman–Crippen LogP) is 1.46. The fourth-order valence-corrected chi connectivity index (χ4v) is 1.43. The summed E-state index contributed by atoms with van der Waals surface area (Å²) in [6.07, 6.45) is 4.86. The molecule has 1 aromatic rings. The van der Waals surface area contributed by atoms with E-state index in [1.807, 2.05) is 12.4 Å². The van der Waals surface area contributed by atoms with Crippen molar-refractivity contribution in [2.45, 2.75) is 20.0 Å². The zero-order valence-electron chi connectivity index (χ0n) is 6.63. The van der Waals surface area contributed by atoms with Crippen molar-refractivity contribution in [3.05, 3.63) is 29.1 Å². The Morgan fingerprint density at radius 1 is 1.45 bits per heavy atom. The number of aromatic nitrogens is 1. The van der Waals surface area contributed by atoms with Gasteiger partial charge >= 0.3 is 0 Å². The minimum Gasteiger partial charge on any atom is -0.376 e. The lowest BCUT2D eigenvalue weighted by Gasteiger charge is -2.17. The van der Waals surface area contributed by atoms with Gasteiger partial charge in [-0.2, -0.15) is 0 Å². The second kappa shape index (κ2) is 2.62. The molecular weight excluding hydrogens is 138 g/mol. The highest BCUT2D eigenvalue weighted by Gasteiger charge is 2.10. The third kappa shape index (κ3) is 1.14. The third-order valence-corrected chi connectivity index (χ3v) is 2.12. The molecule has 0 N–H and O–H groups in total. The minimum atomic E-state index is 0.768. The molecule has 1 aliphatic heterocycles. The van der Waals surface area contributed by atoms with Crippen LogP contribution in [0.4, 0.5) is 0 Å². The quantitative estimate of drug-likeness (QED) is 0.557. The lowest BCUT2D eigenvalue weighted by Crippen LogP contribution is -2.11. The van der Waals surface area contributed by atoms with Gasteiger partial charge in [-0.3, -0.25) is 4.98 Å². The van der Waals surface area contributed by atoms with E-state index in [-0.39, 0.29) is 0 Å². The van der Waals surface area contributed by atoms with Gasteiger partial charge in [0.05, 0.1) is 13.2 Å². The number of fused-ring (bicyclic) bond motifs is 1. The van der Waals surface area contributed by atoms with Crippen molar-refractivity contribution in [2.75, 3.05) is 6.61 Å². The first kappa shape index (κ1) is 6.80. The average molecular weight is 149 g/mol. The van der Waals surface area contributed by atoms with E-state index >= 15 is 0 Å². The summed E-state index contributed by atoms with van der Waals surface area (Å²) in [5.74, 6) is 0. The van der Waals surface area contributed by atoms with Crippen molar-refractivity contribution in [2.24, 2.45) is 0 Å². The number of pyridine rings is 1. The standard InChI is InChI=1S/C9H11NO/c1-7-4-10-5-8-2-3-11-6-9(7)8/h4-5H,2-3,6H2,1H3. The molecule has 0 bridgehead atoms. The maximum absolute atomic E-state index is 5.35. The van der Waals surface area contributed by atoms with Gasteiger partial charge in [-0.25, -0.2) is 0 Å². The van der Waals surface area contributed by atoms with Crippen LogP contribution in [0.2, 0.25) is 0 Å². The molecule has 2 heteroatoms. The molecule has 0 saturated heterocycles. The van der Waals surface area contributed by atoms with Gasteiger partial charge in [0.15, 0.2) is 0 Å². The van der Waals surface area contributed by atoms with Crippen LogP contribution >= 0.6 is 0 Å². The molecule has 0 amide bonds. The van der Waals surface area contributed by atoms with Crippen molar-refractivity contribution in [1.82, 2.24) is 4.98 Å². The summed E-state index contributed by atoms with van der Waals surface area (Å²) >= 11 is 0. The molecule has 0 saturated carbocycles. The molecule has 0 atom stereocenters. The van der Waals surface area contributed by atoms with Crippen molar-refractivity contribution >= 4 is 0 Å². The second-order valence-electron chi connectivity index (χ2n) is 2.90. The van der Waals surface area contributed by atoms with Crippen LogP contribution in [0, 0.1) is 6.92 Å². The van der Waals surface area contributed by atoms with E-state index in [0.29, 0.717) is 0 Å². The molecule has 2 rings (SSSR count). The van der Waals surface area contributed by atoms with E-state index in [2.05, 4.69) is 11.9 Å². The zero-order chi connectivity index (χ0) is 7.68. The van der Waals surface area contributed by atoms with Crippen LogP contribution in [0.15, 0.2) is 12.4 Å². The third-order valence-electron chi connectivity index (χ3n) is 2.12. The highest BCUT2D eigenvalue weighted by atomic mass is 16.5. The highest BCUT2D eigenvalue weighted by molar-refractivity contribution is 5.31. The number of ether oxygens (including phenoxy) is 1. The summed E-state index contributed by atoms with van der Waals surface area (Å²) in [6, 6.07) is 0. The monoisotopic (exact) mass is 149 g/mol. The molecule has 0 aliphatic carbocycles. The molecule has 0 unspecified atom stereocenters. The van der Waals surface area contributed by atoms with Gasteiger partial charge in [0, 0.05) is 12.4 Å². The largest absolute Gasteiger partial charge is 0.376 e. The molecule has 0 aromatic carbocycles. The van der Waals surface area contributed by atoms with E-state index in [1.54, 1.807) is 0 Å². The Morgan fingerprint density at radius 2 is 2.36 bits per heavy atom. The van der Waals surface area contributed by atoms with E-state index in [0.717, 1.165) is 19.6 Å². The molecule has 0 radical (unpaired) electrons. The summed E-state index contributed by atoms with van der Waals surface area (Å²) in [5, 5.41) is 0. The first-order valence-electron chi connectivity index (χ1n) is 3.88. The smallest absolute Gasteiger partial charge is 0.0723 e. The Kier molecular flexibility index (Phi) is 1.62. The molecule has 1 aliphatic rings. The number of rotatable bonds is 0. The van der Waals surface area contributed by atoms with Gasteiger partial charge in [-0.1, -0.05) is 0 Å². The second-order valence-corrected chi connectivity index (χ2v) is 2.90. The Morgan fingerprint density at radius 3 is 3.18 bits per heavy atom. The predicted molar refractivity (Wildman–Crippen MR) is 42.3 cm³/mol. The Bertz CT molecular complexity index is 270. The fraction of sp³-hybridized carbons (Fsp3) is 0.444. The topological polar surface area (TPSA) is 22.1 Å². The van der Waals surface area contributed by atoms with Crippen LogP contribution < -0.4 is 0 Å². The first-order chi connectivity index (χ1) is 5.38. The number of nitrogens with zero attached hydrogens (tertiary/aromatic N) is 1. The van der Waals surface area contributed by atoms with Crippen molar-refractivity contribution < 1.29 is 4.74 Å². The van der Waals surface area contributed by atoms with Crippen LogP contribution in [-0.2, 0) is 17.8 Å². The molecule has 11 heavy (non-hydrogen) atoms. The summed E-state index contributed by atoms with van der Waals surface area (Å²) in [7, 11) is 0. The lowest BCUT2D eigenvalue weighted by atomic mass is 10.0. The first-order valence-corrected chi connectivity index (χ1v) is 3.88. The number of hydrogen-bond donors (Lipinski definition) is 0. The van der Waals surface area contributed by atoms with Crippen LogP contribution in [0.3, 0.4) is 0 Å². The van der Waals surface area contributed by atoms with E-state index in [9.17, 15) is 0 Å². The van der Waals surface area contributed by atoms with Crippen LogP contribution in [0.5, 0.6) is 0 Å². The summed E-state index contributed by atoms with van der Waals surface area (Å²) in [6.45, 7) is 3.70. The fourth-order valence-electron chi connectivity index (χ4n) is 1.43. The molecular formula is C9H11NO. The van der Waals surface area contributed by atoms with Crippen molar-refractivity contribution in [3.63, 3.8) is 0 Å². The van der Waals surface area contributed by atoms with Gasteiger partial charge in [-0.05, 0) is 30.0 Å². The van der Waals surface area contributed by atoms with Crippen LogP contribution in [0.25, 0.3) is 0 Å². The number of aryl methyl sites for hydroxylation is 1. The van der Waals surface area contributed by atoms with E-state index < -0.39 is 0 Å². The Balaban J connectivity index is 2.49. The zero-order valence-corrected chi connectivity index (χ0v) is 6.63. The number of hydrogen-bond acceptors (Lipinski definition) is 2. The Hall–Kier alpha value is -0.890. The maximum atomic E-state index is 5.35. The maximum Gasteiger partial charge on any atom is 0.0723 e. The molecule has 1 aromatic heterocycles. The summed E-state index contributed by atoms with van der Waals surface area (Å²) < 4.78 is 5.35. The van der Waals surface area contributed by atoms with E-state index in [4.69, 9.17) is 4.74 Å². The molecule has 2 nitrogen and oxygen atoms in total. The van der Waals surface area contributed by atoms with Gasteiger partial charge in [0.1, 0.15) is 0 Å². The highest BCUT2D eigenvalue weighted by Crippen LogP contribution is 2.18. The summed E-state index contributed by atoms with van der Waals surface area (Å²) in [5.41, 5.74) is 3.95. The van der Waals surface area contributed by atoms with Crippen LogP contribution in [-0.4, -0.2) is 11.6 Å². The van der Waals surface area contributed by atoms with Gasteiger partial charge in [-0.15, -0.1) is 0 Å². The van der Waals surface area contributed by atoms with Crippen molar-refractivity contribution in [3.8, 4) is 0 Å². The average Bonchev–Trinajstić information content (AvgIpc) is 2.06. The van der Waals surface area contributed by atoms with Crippen molar-refractivity contribution in [1.29, 1.82) is 0 Å². The normalized spacial score (nSPS) is 16.1. The molecule has 58 valence electrons. The van der Waals surface area contributed by atoms with Crippen LogP contribution in [0.1, 0.15) is 16.7 Å². The van der Waals surface area contributed by atoms with E-state index in [1.165, 1.54) is 16.7 Å². The summed E-state index contributed by atoms with van der Waals surface area (Å²) in [4.78, 5) is 4.14. The minimum absolute atomic E-state index is 0.768. The lowest BCUT2D eigenvalue weighted by molar-refractivity contribution is 0.110. The van der Waals surface area contributed by atoms with Gasteiger partial charge < -0.3 is 4.74 Å². The Labute approximate surface area is 66.2 Å². The SMILES string of the molecule is Cc1cncc2c1COCC2. The molecule has 0 fully saturated rings. The van der Waals surface area contributed by atoms with Gasteiger partial charge in [0.25, 0.3) is 0 Å². The molecule has 0 spiro atoms. The molecule has 2 heterocycles. The van der Waals surface area contributed by atoms with Gasteiger partial charge in [0.2, 0.25) is 0 Å².